The van der Waals surface area contributed by atoms with Gasteiger partial charge in [0.05, 0.1) is 4.92 Å². The van der Waals surface area contributed by atoms with E-state index in [0.717, 1.165) is 0 Å². The second-order valence-electron chi connectivity index (χ2n) is 2.05. The summed E-state index contributed by atoms with van der Waals surface area (Å²) in [4.78, 5) is 19.7. The van der Waals surface area contributed by atoms with Crippen LogP contribution in [0.3, 0.4) is 0 Å². The zero-order chi connectivity index (χ0) is 8.27. The zero-order valence-corrected chi connectivity index (χ0v) is 5.61. The predicted octanol–water partition coefficient (Wildman–Crippen LogP) is 0.865. The number of allylic oxidation sites excluding steroid dienone is 4. The van der Waals surface area contributed by atoms with Crippen LogP contribution in [0.25, 0.3) is 0 Å². The molecule has 0 amide bonds. The summed E-state index contributed by atoms with van der Waals surface area (Å²) < 4.78 is 0. The Balaban J connectivity index is 2.83. The molecule has 4 heteroatoms. The van der Waals surface area contributed by atoms with Crippen molar-refractivity contribution >= 4 is 5.94 Å². The third kappa shape index (κ3) is 1.63. The van der Waals surface area contributed by atoms with Crippen LogP contribution in [0.2, 0.25) is 0 Å². The highest BCUT2D eigenvalue weighted by atomic mass is 16.6. The van der Waals surface area contributed by atoms with Crippen molar-refractivity contribution in [2.45, 2.75) is 6.42 Å². The predicted molar refractivity (Wildman–Crippen MR) is 38.0 cm³/mol. The van der Waals surface area contributed by atoms with Crippen LogP contribution >= 0.6 is 0 Å². The highest BCUT2D eigenvalue weighted by Crippen LogP contribution is 2.12. The summed E-state index contributed by atoms with van der Waals surface area (Å²) in [5.41, 5.74) is 0.472. The van der Waals surface area contributed by atoms with E-state index in [9.17, 15) is 14.9 Å². The van der Waals surface area contributed by atoms with Gasteiger partial charge in [0.2, 0.25) is 0 Å². The van der Waals surface area contributed by atoms with Crippen LogP contribution in [0.5, 0.6) is 0 Å². The molecule has 0 spiro atoms. The molecule has 0 bridgehead atoms. The largest absolute Gasteiger partial charge is 0.265 e. The maximum atomic E-state index is 10.1. The van der Waals surface area contributed by atoms with Crippen LogP contribution < -0.4 is 0 Å². The van der Waals surface area contributed by atoms with Crippen LogP contribution in [0.15, 0.2) is 29.5 Å². The van der Waals surface area contributed by atoms with Crippen molar-refractivity contribution in [1.29, 1.82) is 0 Å². The average molecular weight is 151 g/mol. The average Bonchev–Trinajstić information content (AvgIpc) is 2.05. The molecule has 0 N–H and O–H groups in total. The summed E-state index contributed by atoms with van der Waals surface area (Å²) in [6, 6.07) is 0. The number of nitro groups is 1. The molecule has 56 valence electrons. The number of carbonyl (C=O) groups excluding carboxylic acids is 1. The Kier molecular flexibility index (Phi) is 1.99. The number of nitrogens with zero attached hydrogens (tertiary/aromatic N) is 1. The molecule has 1 rings (SSSR count). The van der Waals surface area contributed by atoms with E-state index < -0.39 is 4.92 Å². The lowest BCUT2D eigenvalue weighted by atomic mass is 10.1. The number of hydrogen-bond acceptors (Lipinski definition) is 3. The van der Waals surface area contributed by atoms with Crippen molar-refractivity contribution in [3.05, 3.63) is 39.6 Å². The van der Waals surface area contributed by atoms with Gasteiger partial charge < -0.3 is 0 Å². The van der Waals surface area contributed by atoms with Gasteiger partial charge in [0, 0.05) is 18.1 Å². The molecule has 0 unspecified atom stereocenters. The molecule has 0 aromatic carbocycles. The monoisotopic (exact) mass is 151 g/mol. The first kappa shape index (κ1) is 7.44. The van der Waals surface area contributed by atoms with Crippen LogP contribution in [0.4, 0.5) is 0 Å². The maximum Gasteiger partial charge on any atom is 0.265 e. The second-order valence-corrected chi connectivity index (χ2v) is 2.05. The number of hydrogen-bond donors (Lipinski definition) is 0. The van der Waals surface area contributed by atoms with Crippen LogP contribution in [-0.4, -0.2) is 10.9 Å². The van der Waals surface area contributed by atoms with Gasteiger partial charge in [-0.3, -0.25) is 10.1 Å². The Labute approximate surface area is 62.7 Å². The molecule has 0 heterocycles. The smallest absolute Gasteiger partial charge is 0.258 e. The molecule has 0 saturated carbocycles. The third-order valence-electron chi connectivity index (χ3n) is 1.33. The van der Waals surface area contributed by atoms with Gasteiger partial charge in [0.1, 0.15) is 5.94 Å². The first-order chi connectivity index (χ1) is 5.24. The Hall–Kier alpha value is -1.67. The molecule has 11 heavy (non-hydrogen) atoms. The van der Waals surface area contributed by atoms with Crippen molar-refractivity contribution in [2.75, 3.05) is 0 Å². The van der Waals surface area contributed by atoms with Crippen molar-refractivity contribution in [2.24, 2.45) is 0 Å². The lowest BCUT2D eigenvalue weighted by Gasteiger charge is -1.97. The molecule has 1 aliphatic carbocycles. The van der Waals surface area contributed by atoms with Crippen molar-refractivity contribution in [3.8, 4) is 0 Å². The summed E-state index contributed by atoms with van der Waals surface area (Å²) in [6.45, 7) is 0. The summed E-state index contributed by atoms with van der Waals surface area (Å²) in [6.07, 6.45) is 4.39. The molecule has 0 aromatic heterocycles. The van der Waals surface area contributed by atoms with Crippen LogP contribution in [0, 0.1) is 10.1 Å². The van der Waals surface area contributed by atoms with E-state index in [4.69, 9.17) is 0 Å². The lowest BCUT2D eigenvalue weighted by molar-refractivity contribution is -0.419. The summed E-state index contributed by atoms with van der Waals surface area (Å²) >= 11 is 0. The normalized spacial score (nSPS) is 15.6. The van der Waals surface area contributed by atoms with E-state index in [1.807, 2.05) is 0 Å². The lowest BCUT2D eigenvalue weighted by Crippen LogP contribution is -1.98. The summed E-state index contributed by atoms with van der Waals surface area (Å²) in [7, 11) is 0. The van der Waals surface area contributed by atoms with Gasteiger partial charge in [0.25, 0.3) is 5.70 Å². The third-order valence-corrected chi connectivity index (χ3v) is 1.33. The highest BCUT2D eigenvalue weighted by Gasteiger charge is 2.10. The molecule has 0 saturated heterocycles. The van der Waals surface area contributed by atoms with Gasteiger partial charge in [-0.05, 0) is 12.2 Å². The van der Waals surface area contributed by atoms with Crippen molar-refractivity contribution < 1.29 is 9.72 Å². The molecule has 0 aliphatic heterocycles. The minimum absolute atomic E-state index is 0.0315. The minimum atomic E-state index is -0.488. The molecule has 0 fully saturated rings. The molecule has 1 aliphatic rings. The van der Waals surface area contributed by atoms with Crippen LogP contribution in [0.1, 0.15) is 6.42 Å². The fourth-order valence-electron chi connectivity index (χ4n) is 0.748. The summed E-state index contributed by atoms with van der Waals surface area (Å²) in [5, 5.41) is 10.1. The molecule has 0 atom stereocenters. The standard InChI is InChI=1S/C7H5NO3/c9-5-6-1-3-7(4-2-6)8(10)11/h1,3-4H,2H2. The van der Waals surface area contributed by atoms with E-state index >= 15 is 0 Å². The topological polar surface area (TPSA) is 60.2 Å². The van der Waals surface area contributed by atoms with E-state index in [-0.39, 0.29) is 5.70 Å². The first-order valence-corrected chi connectivity index (χ1v) is 3.00. The van der Waals surface area contributed by atoms with Gasteiger partial charge in [0.15, 0.2) is 0 Å². The Morgan fingerprint density at radius 1 is 1.55 bits per heavy atom. The first-order valence-electron chi connectivity index (χ1n) is 3.00. The molecule has 4 nitrogen and oxygen atoms in total. The van der Waals surface area contributed by atoms with Gasteiger partial charge in [-0.1, -0.05) is 0 Å². The molecular weight excluding hydrogens is 146 g/mol. The number of rotatable bonds is 1. The van der Waals surface area contributed by atoms with Gasteiger partial charge in [-0.25, -0.2) is 4.79 Å². The fourth-order valence-corrected chi connectivity index (χ4v) is 0.748. The van der Waals surface area contributed by atoms with E-state index in [1.54, 1.807) is 5.94 Å². The molecular formula is C7H5NO3. The maximum absolute atomic E-state index is 10.1. The fraction of sp³-hybridized carbons (Fsp3) is 0.143. The quantitative estimate of drug-likeness (QED) is 0.317. The van der Waals surface area contributed by atoms with E-state index in [0.29, 0.717) is 12.0 Å². The molecule has 0 aromatic rings. The van der Waals surface area contributed by atoms with Gasteiger partial charge >= 0.3 is 0 Å². The van der Waals surface area contributed by atoms with Gasteiger partial charge in [-0.15, -0.1) is 0 Å². The SMILES string of the molecule is O=C=C1C=CC([N+](=O)[O-])=CC1. The highest BCUT2D eigenvalue weighted by molar-refractivity contribution is 5.59. The van der Waals surface area contributed by atoms with Crippen molar-refractivity contribution in [3.63, 3.8) is 0 Å². The zero-order valence-electron chi connectivity index (χ0n) is 5.61. The van der Waals surface area contributed by atoms with Gasteiger partial charge in [-0.2, -0.15) is 0 Å². The van der Waals surface area contributed by atoms with Crippen molar-refractivity contribution in [1.82, 2.24) is 0 Å². The van der Waals surface area contributed by atoms with E-state index in [2.05, 4.69) is 0 Å². The molecule has 0 radical (unpaired) electrons. The second kappa shape index (κ2) is 2.94. The van der Waals surface area contributed by atoms with E-state index in [1.165, 1.54) is 18.2 Å². The van der Waals surface area contributed by atoms with Crippen LogP contribution in [-0.2, 0) is 4.79 Å². The Morgan fingerprint density at radius 3 is 2.64 bits per heavy atom. The minimum Gasteiger partial charge on any atom is -0.258 e. The summed E-state index contributed by atoms with van der Waals surface area (Å²) in [5.74, 6) is 1.68. The Morgan fingerprint density at radius 2 is 2.27 bits per heavy atom. The Bertz CT molecular complexity index is 295.